The second-order valence-corrected chi connectivity index (χ2v) is 7.00. The number of hydrogen-bond acceptors (Lipinski definition) is 2. The normalized spacial score (nSPS) is 25.1. The Hall–Kier alpha value is -1.84. The summed E-state index contributed by atoms with van der Waals surface area (Å²) in [7, 11) is 0. The molecule has 0 aromatic heterocycles. The van der Waals surface area contributed by atoms with Gasteiger partial charge in [-0.05, 0) is 57.2 Å². The van der Waals surface area contributed by atoms with Gasteiger partial charge in [-0.15, -0.1) is 0 Å². The van der Waals surface area contributed by atoms with Crippen LogP contribution in [0, 0.1) is 19.8 Å². The predicted molar refractivity (Wildman–Crippen MR) is 91.4 cm³/mol. The minimum absolute atomic E-state index is 0.0710. The van der Waals surface area contributed by atoms with E-state index in [2.05, 4.69) is 19.9 Å². The molecule has 0 N–H and O–H groups in total. The van der Waals surface area contributed by atoms with Gasteiger partial charge in [0, 0.05) is 31.2 Å². The summed E-state index contributed by atoms with van der Waals surface area (Å²) in [4.78, 5) is 29.1. The number of benzene rings is 1. The van der Waals surface area contributed by atoms with Crippen molar-refractivity contribution in [1.82, 2.24) is 4.90 Å². The molecule has 4 nitrogen and oxygen atoms in total. The van der Waals surface area contributed by atoms with Crippen molar-refractivity contribution in [1.29, 1.82) is 0 Å². The molecule has 23 heavy (non-hydrogen) atoms. The van der Waals surface area contributed by atoms with Crippen LogP contribution in [0.3, 0.4) is 0 Å². The molecule has 3 rings (SSSR count). The van der Waals surface area contributed by atoms with Crippen molar-refractivity contribution in [2.75, 3.05) is 18.0 Å². The van der Waals surface area contributed by atoms with Crippen LogP contribution in [-0.4, -0.2) is 35.8 Å². The van der Waals surface area contributed by atoms with Crippen molar-refractivity contribution in [3.05, 3.63) is 29.3 Å². The van der Waals surface area contributed by atoms with Gasteiger partial charge in [-0.2, -0.15) is 0 Å². The van der Waals surface area contributed by atoms with Crippen molar-refractivity contribution in [2.24, 2.45) is 5.92 Å². The molecule has 2 fully saturated rings. The second kappa shape index (κ2) is 6.34. The molecular weight excluding hydrogens is 288 g/mol. The monoisotopic (exact) mass is 314 g/mol. The van der Waals surface area contributed by atoms with Crippen LogP contribution < -0.4 is 4.90 Å². The number of aryl methyl sites for hydroxylation is 1. The number of piperidine rings is 1. The third kappa shape index (κ3) is 2.99. The number of nitrogens with zero attached hydrogens (tertiary/aromatic N) is 2. The topological polar surface area (TPSA) is 40.6 Å². The first kappa shape index (κ1) is 16.0. The van der Waals surface area contributed by atoms with E-state index in [1.807, 2.05) is 24.0 Å². The molecule has 0 spiro atoms. The summed E-state index contributed by atoms with van der Waals surface area (Å²) in [6.07, 6.45) is 3.70. The fourth-order valence-corrected chi connectivity index (χ4v) is 3.79. The van der Waals surface area contributed by atoms with Gasteiger partial charge in [0.15, 0.2) is 0 Å². The molecule has 1 aromatic rings. The zero-order chi connectivity index (χ0) is 16.6. The van der Waals surface area contributed by atoms with Gasteiger partial charge in [-0.3, -0.25) is 9.59 Å². The lowest BCUT2D eigenvalue weighted by Crippen LogP contribution is -2.45. The highest BCUT2D eigenvalue weighted by molar-refractivity contribution is 6.01. The highest BCUT2D eigenvalue weighted by atomic mass is 16.2. The second-order valence-electron chi connectivity index (χ2n) is 7.00. The summed E-state index contributed by atoms with van der Waals surface area (Å²) < 4.78 is 0. The van der Waals surface area contributed by atoms with Gasteiger partial charge in [-0.1, -0.05) is 12.1 Å². The third-order valence-corrected chi connectivity index (χ3v) is 5.43. The maximum Gasteiger partial charge on any atom is 0.228 e. The number of rotatable bonds is 2. The van der Waals surface area contributed by atoms with Crippen molar-refractivity contribution in [3.63, 3.8) is 0 Å². The van der Waals surface area contributed by atoms with Crippen LogP contribution >= 0.6 is 0 Å². The van der Waals surface area contributed by atoms with Crippen LogP contribution in [0.25, 0.3) is 0 Å². The van der Waals surface area contributed by atoms with Crippen LogP contribution in [0.15, 0.2) is 18.2 Å². The molecule has 0 saturated carbocycles. The molecule has 2 aliphatic heterocycles. The number of carbonyl (C=O) groups excluding carboxylic acids is 2. The van der Waals surface area contributed by atoms with Gasteiger partial charge in [-0.25, -0.2) is 0 Å². The molecule has 2 aliphatic rings. The highest BCUT2D eigenvalue weighted by Crippen LogP contribution is 2.31. The lowest BCUT2D eigenvalue weighted by molar-refractivity contribution is -0.139. The van der Waals surface area contributed by atoms with E-state index < -0.39 is 0 Å². The Morgan fingerprint density at radius 1 is 1.22 bits per heavy atom. The number of hydrogen-bond donors (Lipinski definition) is 0. The summed E-state index contributed by atoms with van der Waals surface area (Å²) in [5.41, 5.74) is 3.26. The number of anilines is 1. The fourth-order valence-electron chi connectivity index (χ4n) is 3.79. The summed E-state index contributed by atoms with van der Waals surface area (Å²) in [6, 6.07) is 6.32. The molecule has 0 bridgehead atoms. The van der Waals surface area contributed by atoms with Crippen LogP contribution in [0.5, 0.6) is 0 Å². The van der Waals surface area contributed by atoms with Crippen LogP contribution in [0.2, 0.25) is 0 Å². The number of carbonyl (C=O) groups is 2. The molecule has 2 saturated heterocycles. The minimum Gasteiger partial charge on any atom is -0.340 e. The first-order valence-electron chi connectivity index (χ1n) is 8.66. The zero-order valence-corrected chi connectivity index (χ0v) is 14.3. The Labute approximate surface area is 138 Å². The Balaban J connectivity index is 1.77. The van der Waals surface area contributed by atoms with E-state index in [-0.39, 0.29) is 17.7 Å². The maximum absolute atomic E-state index is 12.8. The molecule has 1 aromatic carbocycles. The summed E-state index contributed by atoms with van der Waals surface area (Å²) in [5, 5.41) is 0. The van der Waals surface area contributed by atoms with Crippen molar-refractivity contribution in [3.8, 4) is 0 Å². The van der Waals surface area contributed by atoms with E-state index in [9.17, 15) is 9.59 Å². The average Bonchev–Trinajstić information content (AvgIpc) is 2.92. The van der Waals surface area contributed by atoms with Crippen molar-refractivity contribution in [2.45, 2.75) is 52.5 Å². The third-order valence-electron chi connectivity index (χ3n) is 5.43. The number of likely N-dealkylation sites (tertiary alicyclic amines) is 1. The first-order chi connectivity index (χ1) is 11.0. The molecule has 0 aliphatic carbocycles. The van der Waals surface area contributed by atoms with Gasteiger partial charge in [0.05, 0.1) is 5.92 Å². The smallest absolute Gasteiger partial charge is 0.228 e. The van der Waals surface area contributed by atoms with Gasteiger partial charge in [0.25, 0.3) is 0 Å². The summed E-state index contributed by atoms with van der Waals surface area (Å²) in [6.45, 7) is 7.58. The lowest BCUT2D eigenvalue weighted by Gasteiger charge is -2.35. The molecule has 124 valence electrons. The van der Waals surface area contributed by atoms with Gasteiger partial charge >= 0.3 is 0 Å². The van der Waals surface area contributed by atoms with Gasteiger partial charge in [0.1, 0.15) is 0 Å². The van der Waals surface area contributed by atoms with Crippen LogP contribution in [0.4, 0.5) is 5.69 Å². The van der Waals surface area contributed by atoms with E-state index in [4.69, 9.17) is 0 Å². The van der Waals surface area contributed by atoms with Gasteiger partial charge in [0.2, 0.25) is 11.8 Å². The van der Waals surface area contributed by atoms with Gasteiger partial charge < -0.3 is 9.80 Å². The van der Waals surface area contributed by atoms with E-state index in [1.54, 1.807) is 4.90 Å². The predicted octanol–water partition coefficient (Wildman–Crippen LogP) is 3.06. The quantitative estimate of drug-likeness (QED) is 0.842. The Bertz CT molecular complexity index is 626. The summed E-state index contributed by atoms with van der Waals surface area (Å²) in [5.74, 6) is 0.0445. The Kier molecular flexibility index (Phi) is 4.42. The molecule has 4 heteroatoms. The van der Waals surface area contributed by atoms with Crippen molar-refractivity contribution < 1.29 is 9.59 Å². The van der Waals surface area contributed by atoms with E-state index >= 15 is 0 Å². The van der Waals surface area contributed by atoms with Crippen molar-refractivity contribution >= 4 is 17.5 Å². The molecule has 2 heterocycles. The number of amides is 2. The SMILES string of the molecule is Cc1cccc(N2C[C@H](C(=O)N3CCCC[C@H]3C)CC2=O)c1C. The maximum atomic E-state index is 12.8. The minimum atomic E-state index is -0.192. The highest BCUT2D eigenvalue weighted by Gasteiger charge is 2.39. The Morgan fingerprint density at radius 3 is 2.74 bits per heavy atom. The lowest BCUT2D eigenvalue weighted by atomic mass is 9.99. The average molecular weight is 314 g/mol. The van der Waals surface area contributed by atoms with Crippen LogP contribution in [-0.2, 0) is 9.59 Å². The fraction of sp³-hybridized carbons (Fsp3) is 0.579. The molecule has 2 atom stereocenters. The molecule has 2 amide bonds. The van der Waals surface area contributed by atoms with E-state index in [1.165, 1.54) is 12.0 Å². The van der Waals surface area contributed by atoms with E-state index in [0.717, 1.165) is 30.6 Å². The largest absolute Gasteiger partial charge is 0.340 e. The Morgan fingerprint density at radius 2 is 2.00 bits per heavy atom. The van der Waals surface area contributed by atoms with Crippen LogP contribution in [0.1, 0.15) is 43.7 Å². The molecule has 0 unspecified atom stereocenters. The standard InChI is InChI=1S/C19H26N2O2/c1-13-7-6-9-17(15(13)3)21-12-16(11-18(21)22)19(23)20-10-5-4-8-14(20)2/h6-7,9,14,16H,4-5,8,10-12H2,1-3H3/t14-,16-/m1/s1. The molecular formula is C19H26N2O2. The first-order valence-corrected chi connectivity index (χ1v) is 8.66. The zero-order valence-electron chi connectivity index (χ0n) is 14.3. The summed E-state index contributed by atoms with van der Waals surface area (Å²) >= 11 is 0. The molecule has 0 radical (unpaired) electrons. The van der Waals surface area contributed by atoms with E-state index in [0.29, 0.717) is 19.0 Å².